The summed E-state index contributed by atoms with van der Waals surface area (Å²) in [4.78, 5) is 27.6. The van der Waals surface area contributed by atoms with Crippen LogP contribution >= 0.6 is 0 Å². The summed E-state index contributed by atoms with van der Waals surface area (Å²) in [5.41, 5.74) is 2.72. The van der Waals surface area contributed by atoms with E-state index in [-0.39, 0.29) is 18.0 Å². The lowest BCUT2D eigenvalue weighted by molar-refractivity contribution is 0.0827. The van der Waals surface area contributed by atoms with Crippen molar-refractivity contribution >= 4 is 11.9 Å². The van der Waals surface area contributed by atoms with Crippen LogP contribution in [0, 0.1) is 0 Å². The Kier molecular flexibility index (Phi) is 7.37. The monoisotopic (exact) mass is 368 g/mol. The number of urea groups is 1. The highest BCUT2D eigenvalue weighted by Crippen LogP contribution is 2.16. The van der Waals surface area contributed by atoms with Crippen molar-refractivity contribution in [1.29, 1.82) is 0 Å². The van der Waals surface area contributed by atoms with Crippen molar-refractivity contribution in [3.05, 3.63) is 71.3 Å². The van der Waals surface area contributed by atoms with Crippen molar-refractivity contribution in [2.75, 3.05) is 34.7 Å². The van der Waals surface area contributed by atoms with Gasteiger partial charge in [-0.2, -0.15) is 0 Å². The molecule has 0 heterocycles. The van der Waals surface area contributed by atoms with E-state index in [4.69, 9.17) is 0 Å². The first kappa shape index (κ1) is 20.5. The molecule has 0 aliphatic heterocycles. The van der Waals surface area contributed by atoms with Gasteiger partial charge in [0, 0.05) is 32.7 Å². The molecule has 0 fully saturated rings. The zero-order valence-electron chi connectivity index (χ0n) is 16.4. The lowest BCUT2D eigenvalue weighted by Crippen LogP contribution is -2.40. The summed E-state index contributed by atoms with van der Waals surface area (Å²) in [7, 11) is 7.43. The number of likely N-dealkylation sites (N-methyl/N-ethyl adjacent to an activating group) is 1. The van der Waals surface area contributed by atoms with Crippen LogP contribution in [0.5, 0.6) is 0 Å². The van der Waals surface area contributed by atoms with E-state index in [0.717, 1.165) is 11.1 Å². The molecule has 3 amide bonds. The molecule has 0 radical (unpaired) electrons. The van der Waals surface area contributed by atoms with Crippen LogP contribution < -0.4 is 10.6 Å². The predicted octanol–water partition coefficient (Wildman–Crippen LogP) is 2.49. The summed E-state index contributed by atoms with van der Waals surface area (Å²) in [6.45, 7) is 0.916. The molecule has 0 bridgehead atoms. The molecular formula is C21H28N4O2. The third-order valence-corrected chi connectivity index (χ3v) is 4.32. The molecule has 2 aromatic rings. The third-order valence-electron chi connectivity index (χ3n) is 4.32. The summed E-state index contributed by atoms with van der Waals surface area (Å²) in [5.74, 6) is -0.0390. The number of hydrogen-bond acceptors (Lipinski definition) is 3. The molecular weight excluding hydrogens is 340 g/mol. The minimum atomic E-state index is -0.216. The van der Waals surface area contributed by atoms with Gasteiger partial charge < -0.3 is 20.4 Å². The van der Waals surface area contributed by atoms with Crippen molar-refractivity contribution < 1.29 is 9.59 Å². The van der Waals surface area contributed by atoms with Crippen LogP contribution in [0.3, 0.4) is 0 Å². The van der Waals surface area contributed by atoms with Gasteiger partial charge in [-0.1, -0.05) is 42.5 Å². The zero-order valence-corrected chi connectivity index (χ0v) is 16.4. The second kappa shape index (κ2) is 9.73. The van der Waals surface area contributed by atoms with Crippen LogP contribution in [-0.4, -0.2) is 56.5 Å². The quantitative estimate of drug-likeness (QED) is 0.789. The number of nitrogens with one attached hydrogen (secondary N) is 2. The van der Waals surface area contributed by atoms with Crippen molar-refractivity contribution in [2.45, 2.75) is 12.6 Å². The fourth-order valence-corrected chi connectivity index (χ4v) is 2.73. The Balaban J connectivity index is 1.84. The smallest absolute Gasteiger partial charge is 0.315 e. The van der Waals surface area contributed by atoms with E-state index in [1.54, 1.807) is 26.2 Å². The minimum absolute atomic E-state index is 0.0390. The van der Waals surface area contributed by atoms with Gasteiger partial charge >= 0.3 is 6.03 Å². The molecule has 6 heteroatoms. The molecule has 0 aliphatic carbocycles. The standard InChI is InChI=1S/C21H28N4O2/c1-24(2)19(17-8-6-5-7-9-17)15-23-21(27)22-14-16-10-12-18(13-11-16)20(26)25(3)4/h5-13,19H,14-15H2,1-4H3,(H2,22,23,27). The van der Waals surface area contributed by atoms with Crippen LogP contribution in [-0.2, 0) is 6.54 Å². The molecule has 0 saturated carbocycles. The average molecular weight is 368 g/mol. The molecule has 0 aromatic heterocycles. The second-order valence-electron chi connectivity index (χ2n) is 6.85. The summed E-state index contributed by atoms with van der Waals surface area (Å²) >= 11 is 0. The first-order valence-electron chi connectivity index (χ1n) is 8.92. The zero-order chi connectivity index (χ0) is 19.8. The van der Waals surface area contributed by atoms with E-state index in [9.17, 15) is 9.59 Å². The van der Waals surface area contributed by atoms with Crippen molar-refractivity contribution in [1.82, 2.24) is 20.4 Å². The van der Waals surface area contributed by atoms with Crippen molar-refractivity contribution in [3.63, 3.8) is 0 Å². The largest absolute Gasteiger partial charge is 0.345 e. The van der Waals surface area contributed by atoms with Crippen LogP contribution in [0.25, 0.3) is 0 Å². The highest BCUT2D eigenvalue weighted by atomic mass is 16.2. The van der Waals surface area contributed by atoms with Crippen LogP contribution in [0.2, 0.25) is 0 Å². The lowest BCUT2D eigenvalue weighted by atomic mass is 10.1. The fraction of sp³-hybridized carbons (Fsp3) is 0.333. The highest BCUT2D eigenvalue weighted by molar-refractivity contribution is 5.93. The van der Waals surface area contributed by atoms with E-state index >= 15 is 0 Å². The van der Waals surface area contributed by atoms with Gasteiger partial charge in [-0.15, -0.1) is 0 Å². The molecule has 1 atom stereocenters. The average Bonchev–Trinajstić information content (AvgIpc) is 2.67. The van der Waals surface area contributed by atoms with Gasteiger partial charge in [0.15, 0.2) is 0 Å². The highest BCUT2D eigenvalue weighted by Gasteiger charge is 2.14. The number of rotatable bonds is 7. The second-order valence-corrected chi connectivity index (χ2v) is 6.85. The molecule has 0 spiro atoms. The summed E-state index contributed by atoms with van der Waals surface area (Å²) in [6, 6.07) is 17.2. The number of benzene rings is 2. The summed E-state index contributed by atoms with van der Waals surface area (Å²) in [5, 5.41) is 5.78. The van der Waals surface area contributed by atoms with Gasteiger partial charge in [0.25, 0.3) is 5.91 Å². The minimum Gasteiger partial charge on any atom is -0.345 e. The maximum atomic E-state index is 12.1. The maximum Gasteiger partial charge on any atom is 0.315 e. The molecule has 6 nitrogen and oxygen atoms in total. The van der Waals surface area contributed by atoms with E-state index in [2.05, 4.69) is 27.7 Å². The molecule has 27 heavy (non-hydrogen) atoms. The van der Waals surface area contributed by atoms with Gasteiger partial charge in [-0.3, -0.25) is 4.79 Å². The SMILES string of the molecule is CN(C)C(=O)c1ccc(CNC(=O)NCC(c2ccccc2)N(C)C)cc1. The Morgan fingerprint density at radius 2 is 1.52 bits per heavy atom. The number of nitrogens with zero attached hydrogens (tertiary/aromatic N) is 2. The molecule has 144 valence electrons. The number of hydrogen-bond donors (Lipinski definition) is 2. The first-order valence-corrected chi connectivity index (χ1v) is 8.92. The fourth-order valence-electron chi connectivity index (χ4n) is 2.73. The van der Waals surface area contributed by atoms with E-state index in [0.29, 0.717) is 18.7 Å². The van der Waals surface area contributed by atoms with Crippen LogP contribution in [0.4, 0.5) is 4.79 Å². The molecule has 2 N–H and O–H groups in total. The predicted molar refractivity (Wildman–Crippen MR) is 108 cm³/mol. The first-order chi connectivity index (χ1) is 12.9. The summed E-state index contributed by atoms with van der Waals surface area (Å²) in [6.07, 6.45) is 0. The van der Waals surface area contributed by atoms with Gasteiger partial charge in [0.1, 0.15) is 0 Å². The third kappa shape index (κ3) is 6.11. The Hall–Kier alpha value is -2.86. The topological polar surface area (TPSA) is 64.7 Å². The van der Waals surface area contributed by atoms with Crippen molar-refractivity contribution in [2.24, 2.45) is 0 Å². The maximum absolute atomic E-state index is 12.1. The van der Waals surface area contributed by atoms with Gasteiger partial charge in [-0.05, 0) is 37.4 Å². The molecule has 0 saturated heterocycles. The Morgan fingerprint density at radius 3 is 2.07 bits per heavy atom. The molecule has 1 unspecified atom stereocenters. The van der Waals surface area contributed by atoms with Gasteiger partial charge in [0.2, 0.25) is 0 Å². The van der Waals surface area contributed by atoms with Crippen LogP contribution in [0.15, 0.2) is 54.6 Å². The normalized spacial score (nSPS) is 11.7. The summed E-state index contributed by atoms with van der Waals surface area (Å²) < 4.78 is 0. The number of amides is 3. The Morgan fingerprint density at radius 1 is 0.889 bits per heavy atom. The number of carbonyl (C=O) groups is 2. The van der Waals surface area contributed by atoms with Crippen molar-refractivity contribution in [3.8, 4) is 0 Å². The van der Waals surface area contributed by atoms with E-state index in [1.807, 2.05) is 44.4 Å². The molecule has 2 aromatic carbocycles. The van der Waals surface area contributed by atoms with E-state index in [1.165, 1.54) is 4.90 Å². The Bertz CT molecular complexity index is 743. The van der Waals surface area contributed by atoms with Crippen LogP contribution in [0.1, 0.15) is 27.5 Å². The lowest BCUT2D eigenvalue weighted by Gasteiger charge is -2.25. The Labute approximate surface area is 161 Å². The van der Waals surface area contributed by atoms with Gasteiger partial charge in [0.05, 0.1) is 6.04 Å². The van der Waals surface area contributed by atoms with Gasteiger partial charge in [-0.25, -0.2) is 4.79 Å². The molecule has 2 rings (SSSR count). The molecule has 0 aliphatic rings. The van der Waals surface area contributed by atoms with E-state index < -0.39 is 0 Å². The number of carbonyl (C=O) groups excluding carboxylic acids is 2.